The summed E-state index contributed by atoms with van der Waals surface area (Å²) in [5.74, 6) is -6.18. The second-order valence-corrected chi connectivity index (χ2v) is 9.39. The van der Waals surface area contributed by atoms with Gasteiger partial charge in [0.05, 0.1) is 5.92 Å². The second-order valence-electron chi connectivity index (χ2n) is 9.39. The van der Waals surface area contributed by atoms with Gasteiger partial charge in [-0.25, -0.2) is 9.59 Å². The summed E-state index contributed by atoms with van der Waals surface area (Å²) in [4.78, 5) is 60.6. The zero-order valence-corrected chi connectivity index (χ0v) is 20.3. The molecule has 4 rings (SSSR count). The number of aliphatic hydroxyl groups is 1. The van der Waals surface area contributed by atoms with Crippen molar-refractivity contribution in [3.05, 3.63) is 11.3 Å². The topological polar surface area (TPSA) is 160 Å². The number of cyclic esters (lactones) is 4. The second kappa shape index (κ2) is 12.2. The molecule has 2 heterocycles. The van der Waals surface area contributed by atoms with Crippen molar-refractivity contribution < 1.29 is 66.0 Å². The number of carbonyl (C=O) groups excluding carboxylic acids is 6. The predicted octanol–water partition coefficient (Wildman–Crippen LogP) is 3.66. The monoisotopic (exact) mass is 540 g/mol. The maximum atomic E-state index is 11.6. The Balaban J connectivity index is 0.000000530. The molecule has 0 aromatic rings. The molecule has 0 bridgehead atoms. The average molecular weight is 540 g/mol. The van der Waals surface area contributed by atoms with Crippen LogP contribution in [0.15, 0.2) is 11.3 Å². The number of ether oxygens (including phenoxy) is 4. The number of allylic oxidation sites excluding steroid dienone is 1. The van der Waals surface area contributed by atoms with Crippen LogP contribution in [-0.2, 0) is 47.7 Å². The average Bonchev–Trinajstić information content (AvgIpc) is 3.54. The van der Waals surface area contributed by atoms with Crippen LogP contribution in [0.4, 0.5) is 13.2 Å². The van der Waals surface area contributed by atoms with E-state index < -0.39 is 53.0 Å². The van der Waals surface area contributed by atoms with Gasteiger partial charge in [-0.05, 0) is 25.7 Å². The van der Waals surface area contributed by atoms with Gasteiger partial charge < -0.3 is 24.1 Å². The summed E-state index contributed by atoms with van der Waals surface area (Å²) in [6.45, 7) is 7.75. The summed E-state index contributed by atoms with van der Waals surface area (Å²) < 4.78 is 52.8. The van der Waals surface area contributed by atoms with Gasteiger partial charge in [-0.1, -0.05) is 14.4 Å². The molecule has 11 nitrogen and oxygen atoms in total. The molecule has 0 radical (unpaired) electrons. The molecule has 2 aliphatic carbocycles. The molecular weight excluding hydrogens is 509 g/mol. The number of aliphatic hydroxyl groups excluding tert-OH is 1. The fourth-order valence-electron chi connectivity index (χ4n) is 2.74. The van der Waals surface area contributed by atoms with Gasteiger partial charge in [-0.2, -0.15) is 22.8 Å². The van der Waals surface area contributed by atoms with Crippen molar-refractivity contribution in [2.45, 2.75) is 91.9 Å². The minimum atomic E-state index is -3.89. The van der Waals surface area contributed by atoms with E-state index in [1.54, 1.807) is 6.92 Å². The molecule has 2 saturated heterocycles. The van der Waals surface area contributed by atoms with Gasteiger partial charge in [0, 0.05) is 33.1 Å². The van der Waals surface area contributed by atoms with E-state index in [4.69, 9.17) is 19.1 Å². The normalized spacial score (nSPS) is 22.0. The number of esters is 4. The molecule has 1 N–H and O–H groups in total. The molecule has 0 aromatic heterocycles. The maximum Gasteiger partial charge on any atom is 0.391 e. The first-order valence-electron chi connectivity index (χ1n) is 10.7. The van der Waals surface area contributed by atoms with E-state index in [9.17, 15) is 37.5 Å². The van der Waals surface area contributed by atoms with Crippen LogP contribution >= 0.6 is 0 Å². The molecule has 0 amide bonds. The van der Waals surface area contributed by atoms with Crippen LogP contribution < -0.4 is 0 Å². The zero-order chi connectivity index (χ0) is 28.1. The van der Waals surface area contributed by atoms with Gasteiger partial charge in [0.1, 0.15) is 12.2 Å². The summed E-state index contributed by atoms with van der Waals surface area (Å²) >= 11 is 0. The third kappa shape index (κ3) is 11.0. The van der Waals surface area contributed by atoms with Gasteiger partial charge in [0.15, 0.2) is 5.57 Å². The molecule has 0 atom stereocenters. The Morgan fingerprint density at radius 3 is 1.43 bits per heavy atom. The number of rotatable bonds is 1. The smallest absolute Gasteiger partial charge is 0.391 e. The Morgan fingerprint density at radius 1 is 0.838 bits per heavy atom. The van der Waals surface area contributed by atoms with Gasteiger partial charge in [-0.15, -0.1) is 0 Å². The van der Waals surface area contributed by atoms with Crippen molar-refractivity contribution in [2.75, 3.05) is 0 Å². The summed E-state index contributed by atoms with van der Waals surface area (Å²) in [6, 6.07) is 0. The lowest BCUT2D eigenvalue weighted by atomic mass is 10.0. The first-order chi connectivity index (χ1) is 16.3. The highest BCUT2D eigenvalue weighted by Crippen LogP contribution is 2.51. The lowest BCUT2D eigenvalue weighted by Gasteiger charge is -2.30. The highest BCUT2D eigenvalue weighted by molar-refractivity contribution is 6.15. The predicted molar refractivity (Wildman–Crippen MR) is 115 cm³/mol. The van der Waals surface area contributed by atoms with Crippen molar-refractivity contribution in [3.8, 4) is 0 Å². The Hall–Kier alpha value is -3.41. The van der Waals surface area contributed by atoms with Crippen LogP contribution in [-0.4, -0.2) is 52.9 Å². The molecule has 2 aliphatic heterocycles. The molecule has 2 saturated carbocycles. The van der Waals surface area contributed by atoms with Crippen LogP contribution in [0.2, 0.25) is 0 Å². The van der Waals surface area contributed by atoms with Crippen molar-refractivity contribution in [1.29, 1.82) is 0 Å². The molecule has 14 heteroatoms. The molecule has 0 spiro atoms. The van der Waals surface area contributed by atoms with Crippen molar-refractivity contribution in [3.63, 3.8) is 0 Å². The van der Waals surface area contributed by atoms with E-state index in [1.807, 2.05) is 0 Å². The molecular formula is C23H31F3O11. The molecule has 37 heavy (non-hydrogen) atoms. The zero-order valence-electron chi connectivity index (χ0n) is 20.3. The molecule has 0 unspecified atom stereocenters. The largest absolute Gasteiger partial charge is 0.511 e. The maximum absolute atomic E-state index is 11.6. The Morgan fingerprint density at radius 2 is 1.19 bits per heavy atom. The van der Waals surface area contributed by atoms with Crippen molar-refractivity contribution in [2.24, 2.45) is 11.3 Å². The lowest BCUT2D eigenvalue weighted by Crippen LogP contribution is -2.42. The quantitative estimate of drug-likeness (QED) is 0.170. The van der Waals surface area contributed by atoms with Crippen LogP contribution in [0.25, 0.3) is 0 Å². The summed E-state index contributed by atoms with van der Waals surface area (Å²) in [6.07, 6.45) is -1.70. The van der Waals surface area contributed by atoms with E-state index in [2.05, 4.69) is 9.47 Å². The first kappa shape index (κ1) is 33.6. The minimum Gasteiger partial charge on any atom is -0.511 e. The van der Waals surface area contributed by atoms with Gasteiger partial charge >= 0.3 is 36.2 Å². The SMILES string of the molecule is C.CC1(C)OC(=O)C(=C(O)C2(C)CC2)C(=O)O1.CC1(C)OC(=O)CC(=O)O1.FC(F)(F)C1CC1.O=C=O. The number of carbonyl (C=O) groups is 4. The highest BCUT2D eigenvalue weighted by atomic mass is 19.4. The summed E-state index contributed by atoms with van der Waals surface area (Å²) in [5.41, 5.74) is -0.825. The fraction of sp³-hybridized carbons (Fsp3) is 0.696. The summed E-state index contributed by atoms with van der Waals surface area (Å²) in [5, 5.41) is 9.86. The summed E-state index contributed by atoms with van der Waals surface area (Å²) in [7, 11) is 0. The number of halogens is 3. The Bertz CT molecular complexity index is 909. The van der Waals surface area contributed by atoms with Gasteiger partial charge in [0.2, 0.25) is 0 Å². The standard InChI is InChI=1S/C11H14O5.C6H8O4.C4H5F3.CO2.CH4/c1-10(2)15-8(13)6(9(14)16-10)7(12)11(3)4-5-11;1-6(2)9-4(7)3-5(8)10-6;5-4(6,7)3-1-2-3;2-1-3;/h12H,4-5H2,1-3H3;3H2,1-2H3;3H,1-2H2;;1H4. The van der Waals surface area contributed by atoms with Crippen LogP contribution in [0, 0.1) is 11.3 Å². The lowest BCUT2D eigenvalue weighted by molar-refractivity contribution is -0.231. The Labute approximate surface area is 211 Å². The van der Waals surface area contributed by atoms with Crippen molar-refractivity contribution in [1.82, 2.24) is 0 Å². The molecule has 4 aliphatic rings. The number of hydrogen-bond donors (Lipinski definition) is 1. The number of hydrogen-bond acceptors (Lipinski definition) is 11. The highest BCUT2D eigenvalue weighted by Gasteiger charge is 2.49. The van der Waals surface area contributed by atoms with Crippen molar-refractivity contribution >= 4 is 30.0 Å². The van der Waals surface area contributed by atoms with E-state index in [0.717, 1.165) is 12.8 Å². The van der Waals surface area contributed by atoms with E-state index >= 15 is 0 Å². The Kier molecular flexibility index (Phi) is 11.1. The molecule has 210 valence electrons. The molecule has 0 aromatic carbocycles. The van der Waals surface area contributed by atoms with E-state index in [1.165, 1.54) is 27.7 Å². The first-order valence-corrected chi connectivity index (χ1v) is 10.7. The van der Waals surface area contributed by atoms with Crippen LogP contribution in [0.5, 0.6) is 0 Å². The third-order valence-electron chi connectivity index (χ3n) is 4.94. The van der Waals surface area contributed by atoms with Gasteiger partial charge in [0.25, 0.3) is 11.6 Å². The third-order valence-corrected chi connectivity index (χ3v) is 4.94. The van der Waals surface area contributed by atoms with E-state index in [0.29, 0.717) is 12.8 Å². The van der Waals surface area contributed by atoms with Crippen LogP contribution in [0.1, 0.15) is 74.1 Å². The minimum absolute atomic E-state index is 0. The fourth-order valence-corrected chi connectivity index (χ4v) is 2.74. The molecule has 4 fully saturated rings. The van der Waals surface area contributed by atoms with E-state index in [-0.39, 0.29) is 31.3 Å². The van der Waals surface area contributed by atoms with Crippen LogP contribution in [0.3, 0.4) is 0 Å². The number of alkyl halides is 3. The van der Waals surface area contributed by atoms with Gasteiger partial charge in [-0.3, -0.25) is 9.59 Å².